The summed E-state index contributed by atoms with van der Waals surface area (Å²) in [7, 11) is 0. The summed E-state index contributed by atoms with van der Waals surface area (Å²) in [5, 5.41) is 9.17. The fourth-order valence-corrected chi connectivity index (χ4v) is 2.31. The van der Waals surface area contributed by atoms with E-state index in [2.05, 4.69) is 9.97 Å². The molecular weight excluding hydrogens is 280 g/mol. The van der Waals surface area contributed by atoms with Crippen molar-refractivity contribution < 1.29 is 14.6 Å². The quantitative estimate of drug-likeness (QED) is 0.756. The number of aromatic amines is 1. The van der Waals surface area contributed by atoms with Crippen molar-refractivity contribution in [3.8, 4) is 5.75 Å². The molecule has 1 heterocycles. The standard InChI is InChI=1S/C17H16N2O3/c1-2-16-18-14-8-7-12(9-15(14)19-16)22-10-11-5-3-4-6-13(11)17(20)21/h3-9H,2,10H2,1H3,(H,18,19)(H,20,21). The van der Waals surface area contributed by atoms with Crippen LogP contribution in [-0.4, -0.2) is 21.0 Å². The Kier molecular flexibility index (Phi) is 3.78. The number of ether oxygens (including phenoxy) is 1. The Hall–Kier alpha value is -2.82. The number of carboxylic acid groups (broad SMARTS) is 1. The van der Waals surface area contributed by atoms with Crippen LogP contribution in [0.1, 0.15) is 28.7 Å². The third-order valence-electron chi connectivity index (χ3n) is 3.48. The summed E-state index contributed by atoms with van der Waals surface area (Å²) in [6.07, 6.45) is 0.844. The van der Waals surface area contributed by atoms with E-state index in [4.69, 9.17) is 9.84 Å². The molecule has 3 rings (SSSR count). The maximum atomic E-state index is 11.2. The van der Waals surface area contributed by atoms with Crippen LogP contribution in [0.5, 0.6) is 5.75 Å². The van der Waals surface area contributed by atoms with Crippen molar-refractivity contribution in [3.05, 3.63) is 59.4 Å². The van der Waals surface area contributed by atoms with Gasteiger partial charge in [-0.2, -0.15) is 0 Å². The van der Waals surface area contributed by atoms with Gasteiger partial charge >= 0.3 is 5.97 Å². The lowest BCUT2D eigenvalue weighted by molar-refractivity contribution is 0.0694. The smallest absolute Gasteiger partial charge is 0.336 e. The second-order valence-corrected chi connectivity index (χ2v) is 4.97. The monoisotopic (exact) mass is 296 g/mol. The third kappa shape index (κ3) is 2.79. The summed E-state index contributed by atoms with van der Waals surface area (Å²) >= 11 is 0. The molecule has 0 fully saturated rings. The van der Waals surface area contributed by atoms with Gasteiger partial charge in [0.2, 0.25) is 0 Å². The van der Waals surface area contributed by atoms with E-state index in [9.17, 15) is 4.79 Å². The first kappa shape index (κ1) is 14.1. The van der Waals surface area contributed by atoms with Crippen LogP contribution in [0.3, 0.4) is 0 Å². The molecule has 5 heteroatoms. The molecule has 2 N–H and O–H groups in total. The molecule has 3 aromatic rings. The number of aromatic nitrogens is 2. The third-order valence-corrected chi connectivity index (χ3v) is 3.48. The van der Waals surface area contributed by atoms with Gasteiger partial charge in [0.1, 0.15) is 18.2 Å². The zero-order chi connectivity index (χ0) is 15.5. The highest BCUT2D eigenvalue weighted by molar-refractivity contribution is 5.89. The molecule has 0 aliphatic carbocycles. The first-order valence-electron chi connectivity index (χ1n) is 7.10. The number of aryl methyl sites for hydroxylation is 1. The van der Waals surface area contributed by atoms with Crippen molar-refractivity contribution in [3.63, 3.8) is 0 Å². The summed E-state index contributed by atoms with van der Waals surface area (Å²) in [5.74, 6) is 0.665. The van der Waals surface area contributed by atoms with Gasteiger partial charge in [0.25, 0.3) is 0 Å². The predicted octanol–water partition coefficient (Wildman–Crippen LogP) is 3.40. The van der Waals surface area contributed by atoms with E-state index >= 15 is 0 Å². The maximum absolute atomic E-state index is 11.2. The number of carbonyl (C=O) groups is 1. The van der Waals surface area contributed by atoms with Gasteiger partial charge in [-0.05, 0) is 18.2 Å². The topological polar surface area (TPSA) is 75.2 Å². The molecule has 22 heavy (non-hydrogen) atoms. The molecule has 5 nitrogen and oxygen atoms in total. The number of hydrogen-bond donors (Lipinski definition) is 2. The molecule has 0 saturated heterocycles. The Labute approximate surface area is 127 Å². The number of rotatable bonds is 5. The second kappa shape index (κ2) is 5.89. The Morgan fingerprint density at radius 1 is 1.27 bits per heavy atom. The van der Waals surface area contributed by atoms with Crippen LogP contribution in [-0.2, 0) is 13.0 Å². The molecule has 2 aromatic carbocycles. The minimum absolute atomic E-state index is 0.211. The van der Waals surface area contributed by atoms with Crippen LogP contribution in [0.4, 0.5) is 0 Å². The average molecular weight is 296 g/mol. The van der Waals surface area contributed by atoms with Crippen LogP contribution in [0.25, 0.3) is 11.0 Å². The van der Waals surface area contributed by atoms with Gasteiger partial charge in [0.15, 0.2) is 0 Å². The Bertz CT molecular complexity index is 824. The number of nitrogens with one attached hydrogen (secondary N) is 1. The summed E-state index contributed by atoms with van der Waals surface area (Å²) in [4.78, 5) is 18.8. The normalized spacial score (nSPS) is 10.8. The van der Waals surface area contributed by atoms with E-state index in [1.807, 2.05) is 25.1 Å². The average Bonchev–Trinajstić information content (AvgIpc) is 2.95. The number of nitrogens with zero attached hydrogens (tertiary/aromatic N) is 1. The van der Waals surface area contributed by atoms with Crippen LogP contribution in [0.15, 0.2) is 42.5 Å². The van der Waals surface area contributed by atoms with Crippen molar-refractivity contribution in [1.82, 2.24) is 9.97 Å². The molecule has 0 radical (unpaired) electrons. The number of aromatic carboxylic acids is 1. The van der Waals surface area contributed by atoms with E-state index in [1.54, 1.807) is 24.3 Å². The van der Waals surface area contributed by atoms with Gasteiger partial charge in [-0.25, -0.2) is 9.78 Å². The van der Waals surface area contributed by atoms with Gasteiger partial charge in [0, 0.05) is 18.1 Å². The number of H-pyrrole nitrogens is 1. The lowest BCUT2D eigenvalue weighted by Crippen LogP contribution is -2.05. The van der Waals surface area contributed by atoms with E-state index in [0.29, 0.717) is 11.3 Å². The Morgan fingerprint density at radius 2 is 2.09 bits per heavy atom. The van der Waals surface area contributed by atoms with Gasteiger partial charge < -0.3 is 14.8 Å². The molecule has 0 atom stereocenters. The van der Waals surface area contributed by atoms with E-state index in [-0.39, 0.29) is 12.2 Å². The van der Waals surface area contributed by atoms with Gasteiger partial charge in [-0.15, -0.1) is 0 Å². The Morgan fingerprint density at radius 3 is 2.86 bits per heavy atom. The highest BCUT2D eigenvalue weighted by Gasteiger charge is 2.10. The van der Waals surface area contributed by atoms with Gasteiger partial charge in [0.05, 0.1) is 16.6 Å². The predicted molar refractivity (Wildman–Crippen MR) is 83.2 cm³/mol. The molecule has 1 aromatic heterocycles. The highest BCUT2D eigenvalue weighted by Crippen LogP contribution is 2.21. The Balaban J connectivity index is 1.80. The van der Waals surface area contributed by atoms with Crippen LogP contribution in [0.2, 0.25) is 0 Å². The molecule has 0 aliphatic rings. The molecule has 0 bridgehead atoms. The van der Waals surface area contributed by atoms with Crippen LogP contribution >= 0.6 is 0 Å². The zero-order valence-corrected chi connectivity index (χ0v) is 12.2. The first-order chi connectivity index (χ1) is 10.7. The first-order valence-corrected chi connectivity index (χ1v) is 7.10. The van der Waals surface area contributed by atoms with Crippen molar-refractivity contribution in [1.29, 1.82) is 0 Å². The lowest BCUT2D eigenvalue weighted by atomic mass is 10.1. The molecule has 0 unspecified atom stereocenters. The zero-order valence-electron chi connectivity index (χ0n) is 12.2. The summed E-state index contributed by atoms with van der Waals surface area (Å²) in [5.41, 5.74) is 2.73. The molecule has 112 valence electrons. The van der Waals surface area contributed by atoms with Gasteiger partial charge in [-0.3, -0.25) is 0 Å². The second-order valence-electron chi connectivity index (χ2n) is 4.97. The fraction of sp³-hybridized carbons (Fsp3) is 0.176. The van der Waals surface area contributed by atoms with Crippen LogP contribution < -0.4 is 4.74 Å². The fourth-order valence-electron chi connectivity index (χ4n) is 2.31. The molecule has 0 spiro atoms. The molecule has 0 amide bonds. The summed E-state index contributed by atoms with van der Waals surface area (Å²) < 4.78 is 5.72. The molecular formula is C17H16N2O3. The van der Waals surface area contributed by atoms with Crippen molar-refractivity contribution in [2.75, 3.05) is 0 Å². The number of imidazole rings is 1. The van der Waals surface area contributed by atoms with Crippen LogP contribution in [0, 0.1) is 0 Å². The highest BCUT2D eigenvalue weighted by atomic mass is 16.5. The van der Waals surface area contributed by atoms with Crippen molar-refractivity contribution >= 4 is 17.0 Å². The summed E-state index contributed by atoms with van der Waals surface area (Å²) in [6.45, 7) is 2.25. The number of fused-ring (bicyclic) bond motifs is 1. The number of hydrogen-bond acceptors (Lipinski definition) is 3. The summed E-state index contributed by atoms with van der Waals surface area (Å²) in [6, 6.07) is 12.5. The maximum Gasteiger partial charge on any atom is 0.336 e. The minimum atomic E-state index is -0.948. The lowest BCUT2D eigenvalue weighted by Gasteiger charge is -2.08. The largest absolute Gasteiger partial charge is 0.489 e. The van der Waals surface area contributed by atoms with Gasteiger partial charge in [-0.1, -0.05) is 25.1 Å². The van der Waals surface area contributed by atoms with Crippen molar-refractivity contribution in [2.45, 2.75) is 20.0 Å². The SMILES string of the molecule is CCc1nc2ccc(OCc3ccccc3C(=O)O)cc2[nH]1. The number of benzene rings is 2. The van der Waals surface area contributed by atoms with E-state index in [1.165, 1.54) is 0 Å². The number of carboxylic acids is 1. The van der Waals surface area contributed by atoms with E-state index < -0.39 is 5.97 Å². The minimum Gasteiger partial charge on any atom is -0.489 e. The molecule has 0 saturated carbocycles. The molecule has 0 aliphatic heterocycles. The van der Waals surface area contributed by atoms with Crippen molar-refractivity contribution in [2.24, 2.45) is 0 Å². The van der Waals surface area contributed by atoms with E-state index in [0.717, 1.165) is 23.3 Å².